The van der Waals surface area contributed by atoms with Gasteiger partial charge in [-0.2, -0.15) is 0 Å². The molecule has 1 aliphatic heterocycles. The van der Waals surface area contributed by atoms with E-state index < -0.39 is 0 Å². The van der Waals surface area contributed by atoms with Crippen molar-refractivity contribution < 1.29 is 0 Å². The fourth-order valence-electron chi connectivity index (χ4n) is 1.24. The first-order valence-electron chi connectivity index (χ1n) is 4.37. The van der Waals surface area contributed by atoms with E-state index in [1.54, 1.807) is 0 Å². The molecule has 0 atom stereocenters. The first-order valence-corrected chi connectivity index (χ1v) is 4.78. The predicted octanol–water partition coefficient (Wildman–Crippen LogP) is 1.37. The highest BCUT2D eigenvalue weighted by molar-refractivity contribution is 7.80. The van der Waals surface area contributed by atoms with Crippen molar-refractivity contribution in [1.29, 1.82) is 0 Å². The largest absolute Gasteiger partial charge is 0.362 e. The summed E-state index contributed by atoms with van der Waals surface area (Å²) < 4.78 is 0. The Balaban J connectivity index is 2.24. The van der Waals surface area contributed by atoms with Crippen LogP contribution in [0.1, 0.15) is 26.2 Å². The fraction of sp³-hybridized carbons (Fsp3) is 0.875. The number of rotatable bonds is 3. The molecule has 0 saturated carbocycles. The molecule has 0 spiro atoms. The van der Waals surface area contributed by atoms with E-state index in [0.717, 1.165) is 24.7 Å². The van der Waals surface area contributed by atoms with Crippen molar-refractivity contribution in [3.63, 3.8) is 0 Å². The van der Waals surface area contributed by atoms with Crippen LogP contribution in [-0.2, 0) is 0 Å². The lowest BCUT2D eigenvalue weighted by molar-refractivity contribution is 0.368. The molecule has 1 heterocycles. The van der Waals surface area contributed by atoms with Gasteiger partial charge in [-0.05, 0) is 25.1 Å². The van der Waals surface area contributed by atoms with Gasteiger partial charge in [-0.3, -0.25) is 0 Å². The van der Waals surface area contributed by atoms with E-state index in [2.05, 4.69) is 17.1 Å². The molecule has 0 aromatic rings. The number of unbranched alkanes of at least 4 members (excludes halogenated alkanes) is 1. The first kappa shape index (κ1) is 8.78. The van der Waals surface area contributed by atoms with Crippen LogP contribution in [0, 0.1) is 0 Å². The second-order valence-electron chi connectivity index (χ2n) is 2.93. The van der Waals surface area contributed by atoms with Crippen molar-refractivity contribution in [3.05, 3.63) is 0 Å². The predicted molar refractivity (Wildman–Crippen MR) is 51.7 cm³/mol. The highest BCUT2D eigenvalue weighted by Gasteiger charge is 2.11. The molecule has 0 amide bonds. The number of nitrogens with zero attached hydrogens (tertiary/aromatic N) is 1. The molecule has 1 aliphatic rings. The lowest BCUT2D eigenvalue weighted by atomic mass is 10.3. The van der Waals surface area contributed by atoms with Crippen molar-refractivity contribution in [2.24, 2.45) is 0 Å². The van der Waals surface area contributed by atoms with Crippen molar-refractivity contribution in [1.82, 2.24) is 10.2 Å². The minimum Gasteiger partial charge on any atom is -0.362 e. The molecule has 1 fully saturated rings. The third-order valence-corrected chi connectivity index (χ3v) is 2.35. The summed E-state index contributed by atoms with van der Waals surface area (Å²) in [4.78, 5) is 2.27. The lowest BCUT2D eigenvalue weighted by Crippen LogP contribution is -2.46. The fourth-order valence-corrected chi connectivity index (χ4v) is 1.53. The summed E-state index contributed by atoms with van der Waals surface area (Å²) in [5, 5.41) is 4.15. The molecule has 1 rings (SSSR count). The van der Waals surface area contributed by atoms with Gasteiger partial charge in [-0.25, -0.2) is 0 Å². The Bertz CT molecular complexity index is 136. The van der Waals surface area contributed by atoms with Gasteiger partial charge < -0.3 is 10.2 Å². The number of hydrogen-bond acceptors (Lipinski definition) is 1. The van der Waals surface area contributed by atoms with Crippen LogP contribution in [-0.4, -0.2) is 29.6 Å². The molecule has 0 aromatic carbocycles. The quantitative estimate of drug-likeness (QED) is 0.647. The summed E-state index contributed by atoms with van der Waals surface area (Å²) in [6, 6.07) is 0. The van der Waals surface area contributed by atoms with E-state index in [1.807, 2.05) is 0 Å². The second-order valence-corrected chi connectivity index (χ2v) is 3.31. The molecule has 3 heteroatoms. The van der Waals surface area contributed by atoms with Gasteiger partial charge in [0.15, 0.2) is 5.11 Å². The molecule has 1 saturated heterocycles. The minimum absolute atomic E-state index is 0.949. The number of thiocarbonyl (C=S) groups is 1. The van der Waals surface area contributed by atoms with Gasteiger partial charge in [-0.15, -0.1) is 0 Å². The third kappa shape index (κ3) is 2.66. The second kappa shape index (κ2) is 4.54. The molecule has 0 aromatic heterocycles. The average molecular weight is 172 g/mol. The molecular formula is C8H16N2S. The topological polar surface area (TPSA) is 15.3 Å². The maximum absolute atomic E-state index is 5.16. The maximum atomic E-state index is 5.16. The van der Waals surface area contributed by atoms with E-state index in [4.69, 9.17) is 12.2 Å². The van der Waals surface area contributed by atoms with E-state index in [9.17, 15) is 0 Å². The molecule has 0 aliphatic carbocycles. The maximum Gasteiger partial charge on any atom is 0.168 e. The molecule has 64 valence electrons. The zero-order valence-corrected chi connectivity index (χ0v) is 7.91. The Morgan fingerprint density at radius 3 is 3.09 bits per heavy atom. The van der Waals surface area contributed by atoms with Gasteiger partial charge in [0.25, 0.3) is 0 Å². The van der Waals surface area contributed by atoms with Crippen molar-refractivity contribution >= 4 is 17.3 Å². The summed E-state index contributed by atoms with van der Waals surface area (Å²) in [7, 11) is 0. The Morgan fingerprint density at radius 2 is 2.45 bits per heavy atom. The molecular weight excluding hydrogens is 156 g/mol. The van der Waals surface area contributed by atoms with E-state index in [1.165, 1.54) is 19.3 Å². The standard InChI is InChI=1S/C8H16N2S/c1-2-3-6-10-7-4-5-9-8(10)11/h2-7H2,1H3,(H,9,11). The Labute approximate surface area is 74.0 Å². The van der Waals surface area contributed by atoms with E-state index >= 15 is 0 Å². The molecule has 2 nitrogen and oxygen atoms in total. The highest BCUT2D eigenvalue weighted by Crippen LogP contribution is 2.01. The van der Waals surface area contributed by atoms with Crippen LogP contribution in [0.15, 0.2) is 0 Å². The van der Waals surface area contributed by atoms with Crippen molar-refractivity contribution in [2.75, 3.05) is 19.6 Å². The monoisotopic (exact) mass is 172 g/mol. The van der Waals surface area contributed by atoms with Gasteiger partial charge >= 0.3 is 0 Å². The smallest absolute Gasteiger partial charge is 0.168 e. The Kier molecular flexibility index (Phi) is 3.63. The Morgan fingerprint density at radius 1 is 1.64 bits per heavy atom. The molecule has 11 heavy (non-hydrogen) atoms. The summed E-state index contributed by atoms with van der Waals surface area (Å²) in [6.45, 7) is 5.54. The van der Waals surface area contributed by atoms with Crippen molar-refractivity contribution in [3.8, 4) is 0 Å². The van der Waals surface area contributed by atoms with Gasteiger partial charge in [0, 0.05) is 19.6 Å². The van der Waals surface area contributed by atoms with E-state index in [0.29, 0.717) is 0 Å². The number of hydrogen-bond donors (Lipinski definition) is 1. The normalized spacial score (nSPS) is 18.3. The van der Waals surface area contributed by atoms with Crippen molar-refractivity contribution in [2.45, 2.75) is 26.2 Å². The molecule has 0 bridgehead atoms. The molecule has 0 radical (unpaired) electrons. The summed E-state index contributed by atoms with van der Waals surface area (Å²) >= 11 is 5.16. The summed E-state index contributed by atoms with van der Waals surface area (Å²) in [5.74, 6) is 0. The zero-order chi connectivity index (χ0) is 8.10. The summed E-state index contributed by atoms with van der Waals surface area (Å²) in [5.41, 5.74) is 0. The molecule has 0 unspecified atom stereocenters. The zero-order valence-electron chi connectivity index (χ0n) is 7.10. The third-order valence-electron chi connectivity index (χ3n) is 1.95. The van der Waals surface area contributed by atoms with Crippen LogP contribution in [0.3, 0.4) is 0 Å². The summed E-state index contributed by atoms with van der Waals surface area (Å²) in [6.07, 6.45) is 3.73. The molecule has 1 N–H and O–H groups in total. The minimum atomic E-state index is 0.949. The van der Waals surface area contributed by atoms with Gasteiger partial charge in [0.05, 0.1) is 0 Å². The first-order chi connectivity index (χ1) is 5.34. The van der Waals surface area contributed by atoms with Crippen LogP contribution >= 0.6 is 12.2 Å². The highest BCUT2D eigenvalue weighted by atomic mass is 32.1. The number of nitrogens with one attached hydrogen (secondary N) is 1. The van der Waals surface area contributed by atoms with Crippen LogP contribution in [0.4, 0.5) is 0 Å². The van der Waals surface area contributed by atoms with Crippen LogP contribution in [0.25, 0.3) is 0 Å². The van der Waals surface area contributed by atoms with Crippen LogP contribution in [0.5, 0.6) is 0 Å². The van der Waals surface area contributed by atoms with Gasteiger partial charge in [0.2, 0.25) is 0 Å². The Hall–Kier alpha value is -0.310. The van der Waals surface area contributed by atoms with Crippen LogP contribution in [0.2, 0.25) is 0 Å². The van der Waals surface area contributed by atoms with Gasteiger partial charge in [-0.1, -0.05) is 13.3 Å². The SMILES string of the molecule is CCCCN1CCCNC1=S. The average Bonchev–Trinajstić information content (AvgIpc) is 2.03. The van der Waals surface area contributed by atoms with E-state index in [-0.39, 0.29) is 0 Å². The van der Waals surface area contributed by atoms with Gasteiger partial charge in [0.1, 0.15) is 0 Å². The lowest BCUT2D eigenvalue weighted by Gasteiger charge is -2.30. The van der Waals surface area contributed by atoms with Crippen LogP contribution < -0.4 is 5.32 Å².